The summed E-state index contributed by atoms with van der Waals surface area (Å²) in [4.78, 5) is 12.8. The van der Waals surface area contributed by atoms with Gasteiger partial charge < -0.3 is 64.2 Å². The predicted molar refractivity (Wildman–Crippen MR) is 137 cm³/mol. The van der Waals surface area contributed by atoms with Crippen LogP contribution in [0.25, 0.3) is 22.3 Å². The van der Waals surface area contributed by atoms with Crippen LogP contribution in [-0.2, 0) is 14.2 Å². The maximum atomic E-state index is 12.8. The van der Waals surface area contributed by atoms with Gasteiger partial charge in [0.05, 0.1) is 12.7 Å². The number of aliphatic hydroxyl groups is 6. The lowest BCUT2D eigenvalue weighted by Gasteiger charge is -2.45. The Morgan fingerprint density at radius 3 is 2.22 bits per heavy atom. The van der Waals surface area contributed by atoms with Gasteiger partial charge in [0.1, 0.15) is 70.6 Å². The average Bonchev–Trinajstić information content (AvgIpc) is 2.94. The first-order chi connectivity index (χ1) is 19.5. The van der Waals surface area contributed by atoms with Crippen molar-refractivity contribution >= 4 is 11.0 Å². The van der Waals surface area contributed by atoms with Crippen LogP contribution in [0.15, 0.2) is 51.7 Å². The Morgan fingerprint density at radius 1 is 0.829 bits per heavy atom. The average molecular weight is 579 g/mol. The lowest BCUT2D eigenvalue weighted by atomic mass is 9.97. The van der Waals surface area contributed by atoms with Crippen molar-refractivity contribution in [3.05, 3.63) is 52.7 Å². The molecule has 2 fully saturated rings. The van der Waals surface area contributed by atoms with Crippen LogP contribution in [0.2, 0.25) is 0 Å². The Bertz CT molecular complexity index is 1420. The minimum absolute atomic E-state index is 0.00857. The summed E-state index contributed by atoms with van der Waals surface area (Å²) in [6.45, 7) is 0.704. The fourth-order valence-corrected chi connectivity index (χ4v) is 4.79. The van der Waals surface area contributed by atoms with Gasteiger partial charge in [-0.15, -0.1) is 0 Å². The number of aliphatic hydroxyl groups excluding tert-OH is 6. The molecule has 0 bridgehead atoms. The minimum Gasteiger partial charge on any atom is -0.508 e. The summed E-state index contributed by atoms with van der Waals surface area (Å²) in [5, 5.41) is 81.4. The van der Waals surface area contributed by atoms with E-state index in [1.54, 1.807) is 0 Å². The number of rotatable bonds is 6. The standard InChI is InChI=1S/C27H30O14/c1-10-20(32)22(34)24(36)26(37-10)41-25-23(35)21(33)18(9-28)40-27(25)38-13-6-14(30)19-15(31)8-16(39-17(19)7-13)11-2-4-12(29)5-3-11/h2-8,10,18,20-30,32-36H,9H2,1H3/t10-,18+,20+,21-,22+,23-,24+,25+,26-,27+/m0/s1. The van der Waals surface area contributed by atoms with Crippen molar-refractivity contribution in [3.63, 3.8) is 0 Å². The Balaban J connectivity index is 1.47. The van der Waals surface area contributed by atoms with Gasteiger partial charge in [0.25, 0.3) is 0 Å². The van der Waals surface area contributed by atoms with E-state index in [2.05, 4.69) is 0 Å². The summed E-state index contributed by atoms with van der Waals surface area (Å²) < 4.78 is 28.4. The summed E-state index contributed by atoms with van der Waals surface area (Å²) in [6.07, 6.45) is -15.3. The second kappa shape index (κ2) is 11.5. The van der Waals surface area contributed by atoms with Crippen molar-refractivity contribution in [3.8, 4) is 28.6 Å². The van der Waals surface area contributed by atoms with E-state index < -0.39 is 79.2 Å². The van der Waals surface area contributed by atoms with Gasteiger partial charge in [0, 0.05) is 23.8 Å². The van der Waals surface area contributed by atoms with E-state index in [0.717, 1.165) is 6.07 Å². The third kappa shape index (κ3) is 5.61. The van der Waals surface area contributed by atoms with E-state index in [4.69, 9.17) is 23.4 Å². The van der Waals surface area contributed by atoms with E-state index in [0.29, 0.717) is 5.56 Å². The van der Waals surface area contributed by atoms with E-state index in [1.807, 2.05) is 0 Å². The third-order valence-electron chi connectivity index (χ3n) is 7.11. The van der Waals surface area contributed by atoms with Crippen LogP contribution < -0.4 is 10.2 Å². The number of hydrogen-bond acceptors (Lipinski definition) is 14. The highest BCUT2D eigenvalue weighted by Crippen LogP contribution is 2.35. The van der Waals surface area contributed by atoms with Crippen molar-refractivity contribution in [2.75, 3.05) is 6.61 Å². The maximum absolute atomic E-state index is 12.8. The fraction of sp³-hybridized carbons (Fsp3) is 0.444. The van der Waals surface area contributed by atoms with E-state index in [1.165, 1.54) is 43.3 Å². The van der Waals surface area contributed by atoms with E-state index in [-0.39, 0.29) is 28.2 Å². The number of phenols is 2. The molecule has 222 valence electrons. The molecule has 1 aromatic heterocycles. The molecule has 0 saturated carbocycles. The molecule has 2 aliphatic heterocycles. The number of aromatic hydroxyl groups is 2. The molecule has 0 unspecified atom stereocenters. The largest absolute Gasteiger partial charge is 0.508 e. The van der Waals surface area contributed by atoms with Gasteiger partial charge >= 0.3 is 0 Å². The van der Waals surface area contributed by atoms with E-state index >= 15 is 0 Å². The number of benzene rings is 2. The van der Waals surface area contributed by atoms with Crippen LogP contribution in [0.1, 0.15) is 6.92 Å². The molecule has 5 rings (SSSR count). The SMILES string of the molecule is C[C@@H]1O[C@@H](O[C@H]2[C@H](Oc3cc(O)c4c(=O)cc(-c5ccc(O)cc5)oc4c3)O[C@H](CO)[C@H](O)[C@@H]2O)[C@H](O)[C@H](O)[C@@H]1O. The number of phenolic OH excluding ortho intramolecular Hbond substituents is 2. The summed E-state index contributed by atoms with van der Waals surface area (Å²) in [6, 6.07) is 9.38. The number of hydrogen-bond donors (Lipinski definition) is 8. The molecule has 0 radical (unpaired) electrons. The second-order valence-corrected chi connectivity index (χ2v) is 9.94. The highest BCUT2D eigenvalue weighted by atomic mass is 16.8. The maximum Gasteiger partial charge on any atom is 0.229 e. The zero-order valence-corrected chi connectivity index (χ0v) is 21.5. The van der Waals surface area contributed by atoms with Crippen molar-refractivity contribution < 1.29 is 64.2 Å². The minimum atomic E-state index is -1.76. The molecule has 14 heteroatoms. The number of fused-ring (bicyclic) bond motifs is 1. The Morgan fingerprint density at radius 2 is 1.54 bits per heavy atom. The Kier molecular flexibility index (Phi) is 8.20. The topological polar surface area (TPSA) is 229 Å². The Hall–Kier alpha value is -3.31. The van der Waals surface area contributed by atoms with Crippen LogP contribution in [0, 0.1) is 0 Å². The molecular weight excluding hydrogens is 548 g/mol. The highest BCUT2D eigenvalue weighted by molar-refractivity contribution is 5.86. The van der Waals surface area contributed by atoms with Crippen molar-refractivity contribution in [2.45, 2.75) is 68.3 Å². The zero-order chi connectivity index (χ0) is 29.6. The van der Waals surface area contributed by atoms with E-state index in [9.17, 15) is 45.6 Å². The fourth-order valence-electron chi connectivity index (χ4n) is 4.79. The quantitative estimate of drug-likeness (QED) is 0.174. The zero-order valence-electron chi connectivity index (χ0n) is 21.5. The van der Waals surface area contributed by atoms with Gasteiger partial charge in [0.15, 0.2) is 17.8 Å². The van der Waals surface area contributed by atoms with Gasteiger partial charge in [-0.2, -0.15) is 0 Å². The summed E-state index contributed by atoms with van der Waals surface area (Å²) in [5.41, 5.74) is -0.182. The van der Waals surface area contributed by atoms with Gasteiger partial charge in [-0.25, -0.2) is 0 Å². The lowest BCUT2D eigenvalue weighted by molar-refractivity contribution is -0.354. The molecule has 0 amide bonds. The molecule has 0 aliphatic carbocycles. The van der Waals surface area contributed by atoms with Gasteiger partial charge in [0.2, 0.25) is 6.29 Å². The van der Waals surface area contributed by atoms with Crippen LogP contribution in [-0.4, -0.2) is 109 Å². The molecular formula is C27H30O14. The molecule has 2 aromatic carbocycles. The first-order valence-electron chi connectivity index (χ1n) is 12.7. The molecule has 10 atom stereocenters. The van der Waals surface area contributed by atoms with Crippen LogP contribution in [0.5, 0.6) is 17.2 Å². The van der Waals surface area contributed by atoms with Gasteiger partial charge in [-0.3, -0.25) is 4.79 Å². The monoisotopic (exact) mass is 578 g/mol. The first kappa shape index (κ1) is 29.2. The molecule has 14 nitrogen and oxygen atoms in total. The van der Waals surface area contributed by atoms with Crippen molar-refractivity contribution in [2.24, 2.45) is 0 Å². The van der Waals surface area contributed by atoms with Gasteiger partial charge in [-0.05, 0) is 31.2 Å². The predicted octanol–water partition coefficient (Wildman–Crippen LogP) is -1.10. The third-order valence-corrected chi connectivity index (χ3v) is 7.11. The number of ether oxygens (including phenoxy) is 4. The first-order valence-corrected chi connectivity index (χ1v) is 12.7. The summed E-state index contributed by atoms with van der Waals surface area (Å²) in [7, 11) is 0. The smallest absolute Gasteiger partial charge is 0.229 e. The molecule has 3 heterocycles. The normalized spacial score (nSPS) is 34.0. The second-order valence-electron chi connectivity index (χ2n) is 9.94. The van der Waals surface area contributed by atoms with Gasteiger partial charge in [-0.1, -0.05) is 0 Å². The van der Waals surface area contributed by atoms with Crippen molar-refractivity contribution in [1.82, 2.24) is 0 Å². The molecule has 3 aromatic rings. The lowest BCUT2D eigenvalue weighted by Crippen LogP contribution is -2.64. The van der Waals surface area contributed by atoms with Crippen LogP contribution >= 0.6 is 0 Å². The van der Waals surface area contributed by atoms with Crippen LogP contribution in [0.4, 0.5) is 0 Å². The summed E-state index contributed by atoms with van der Waals surface area (Å²) >= 11 is 0. The molecule has 0 spiro atoms. The Labute approximate surface area is 231 Å². The molecule has 8 N–H and O–H groups in total. The summed E-state index contributed by atoms with van der Waals surface area (Å²) in [5.74, 6) is -0.498. The van der Waals surface area contributed by atoms with Crippen LogP contribution in [0.3, 0.4) is 0 Å². The molecule has 41 heavy (non-hydrogen) atoms. The highest BCUT2D eigenvalue weighted by Gasteiger charge is 2.50. The molecule has 2 aliphatic rings. The molecule has 2 saturated heterocycles. The van der Waals surface area contributed by atoms with Crippen molar-refractivity contribution in [1.29, 1.82) is 0 Å².